The zero-order chi connectivity index (χ0) is 14.4. The predicted octanol–water partition coefficient (Wildman–Crippen LogP) is 3.19. The number of aryl methyl sites for hydroxylation is 2. The molecule has 106 valence electrons. The highest BCUT2D eigenvalue weighted by molar-refractivity contribution is 7.09. The second-order valence-corrected chi connectivity index (χ2v) is 5.41. The highest BCUT2D eigenvalue weighted by atomic mass is 32.1. The Labute approximate surface area is 123 Å². The number of benzene rings is 1. The fraction of sp³-hybridized carbons (Fsp3) is 0.333. The molecular formula is C15H20N4S. The van der Waals surface area contributed by atoms with Gasteiger partial charge in [0.05, 0.1) is 17.2 Å². The minimum atomic E-state index is 0.417. The highest BCUT2D eigenvalue weighted by Crippen LogP contribution is 2.12. The van der Waals surface area contributed by atoms with Crippen LogP contribution >= 0.6 is 11.3 Å². The molecule has 0 aliphatic rings. The molecule has 20 heavy (non-hydrogen) atoms. The van der Waals surface area contributed by atoms with Gasteiger partial charge in [-0.3, -0.25) is 0 Å². The lowest BCUT2D eigenvalue weighted by molar-refractivity contribution is 0.969. The van der Waals surface area contributed by atoms with Crippen LogP contribution < -0.4 is 11.1 Å². The van der Waals surface area contributed by atoms with Gasteiger partial charge in [0.15, 0.2) is 5.96 Å². The average Bonchev–Trinajstić information content (AvgIpc) is 2.94. The Balaban J connectivity index is 1.92. The van der Waals surface area contributed by atoms with Gasteiger partial charge in [0.25, 0.3) is 0 Å². The minimum Gasteiger partial charge on any atom is -0.370 e. The molecule has 0 atom stereocenters. The van der Waals surface area contributed by atoms with E-state index in [0.29, 0.717) is 12.5 Å². The van der Waals surface area contributed by atoms with E-state index < -0.39 is 0 Å². The molecule has 1 heterocycles. The average molecular weight is 288 g/mol. The van der Waals surface area contributed by atoms with E-state index >= 15 is 0 Å². The van der Waals surface area contributed by atoms with Crippen LogP contribution in [-0.2, 0) is 19.4 Å². The molecule has 1 aromatic carbocycles. The maximum absolute atomic E-state index is 5.88. The molecule has 0 amide bonds. The number of nitrogens with zero attached hydrogens (tertiary/aromatic N) is 2. The summed E-state index contributed by atoms with van der Waals surface area (Å²) < 4.78 is 0. The van der Waals surface area contributed by atoms with Crippen molar-refractivity contribution in [1.82, 2.24) is 4.98 Å². The van der Waals surface area contributed by atoms with Crippen LogP contribution in [0.25, 0.3) is 0 Å². The van der Waals surface area contributed by atoms with Crippen LogP contribution in [0.3, 0.4) is 0 Å². The van der Waals surface area contributed by atoms with E-state index in [1.165, 1.54) is 5.56 Å². The Bertz CT molecular complexity index is 572. The van der Waals surface area contributed by atoms with E-state index in [1.807, 2.05) is 17.5 Å². The first kappa shape index (κ1) is 14.5. The van der Waals surface area contributed by atoms with Gasteiger partial charge in [0, 0.05) is 11.1 Å². The van der Waals surface area contributed by atoms with Crippen LogP contribution in [0.1, 0.15) is 30.1 Å². The molecule has 0 aliphatic carbocycles. The number of rotatable bonds is 5. The second kappa shape index (κ2) is 7.05. The number of nitrogens with two attached hydrogens (primary N) is 1. The van der Waals surface area contributed by atoms with Crippen molar-refractivity contribution in [3.63, 3.8) is 0 Å². The molecule has 3 N–H and O–H groups in total. The van der Waals surface area contributed by atoms with E-state index in [-0.39, 0.29) is 0 Å². The molecule has 5 heteroatoms. The quantitative estimate of drug-likeness (QED) is 0.656. The van der Waals surface area contributed by atoms with Gasteiger partial charge in [-0.15, -0.1) is 11.3 Å². The standard InChI is InChI=1S/C15H20N4S/c1-3-11-5-7-12(8-6-11)19-15(16)17-9-13-10-20-14(4-2)18-13/h5-8,10H,3-4,9H2,1-2H3,(H3,16,17,19). The third-order valence-corrected chi connectivity index (χ3v) is 3.99. The Hall–Kier alpha value is -1.88. The van der Waals surface area contributed by atoms with Gasteiger partial charge in [0.2, 0.25) is 0 Å². The van der Waals surface area contributed by atoms with Crippen LogP contribution in [0, 0.1) is 0 Å². The largest absolute Gasteiger partial charge is 0.370 e. The molecule has 2 aromatic rings. The first-order valence-electron chi connectivity index (χ1n) is 6.80. The minimum absolute atomic E-state index is 0.417. The second-order valence-electron chi connectivity index (χ2n) is 4.46. The molecule has 1 aromatic heterocycles. The first-order chi connectivity index (χ1) is 9.71. The fourth-order valence-corrected chi connectivity index (χ4v) is 2.50. The van der Waals surface area contributed by atoms with Gasteiger partial charge in [-0.25, -0.2) is 9.98 Å². The van der Waals surface area contributed by atoms with Crippen molar-refractivity contribution in [2.24, 2.45) is 10.7 Å². The van der Waals surface area contributed by atoms with E-state index in [1.54, 1.807) is 11.3 Å². The van der Waals surface area contributed by atoms with Crippen molar-refractivity contribution >= 4 is 23.0 Å². The third kappa shape index (κ3) is 4.06. The Morgan fingerprint density at radius 2 is 2.00 bits per heavy atom. The molecule has 0 spiro atoms. The Morgan fingerprint density at radius 1 is 1.25 bits per heavy atom. The Morgan fingerprint density at radius 3 is 2.60 bits per heavy atom. The van der Waals surface area contributed by atoms with Gasteiger partial charge < -0.3 is 11.1 Å². The fourth-order valence-electron chi connectivity index (χ4n) is 1.76. The summed E-state index contributed by atoms with van der Waals surface area (Å²) >= 11 is 1.67. The number of aromatic nitrogens is 1. The molecule has 0 bridgehead atoms. The van der Waals surface area contributed by atoms with Gasteiger partial charge in [-0.2, -0.15) is 0 Å². The predicted molar refractivity (Wildman–Crippen MR) is 86.3 cm³/mol. The lowest BCUT2D eigenvalue weighted by Crippen LogP contribution is -2.22. The molecule has 0 unspecified atom stereocenters. The van der Waals surface area contributed by atoms with Crippen molar-refractivity contribution in [2.45, 2.75) is 33.2 Å². The van der Waals surface area contributed by atoms with Gasteiger partial charge >= 0.3 is 0 Å². The molecule has 0 saturated carbocycles. The number of guanidine groups is 1. The van der Waals surface area contributed by atoms with Gasteiger partial charge in [-0.05, 0) is 30.5 Å². The van der Waals surface area contributed by atoms with Gasteiger partial charge in [-0.1, -0.05) is 26.0 Å². The maximum atomic E-state index is 5.88. The number of hydrogen-bond acceptors (Lipinski definition) is 3. The summed E-state index contributed by atoms with van der Waals surface area (Å²) in [6.45, 7) is 4.75. The zero-order valence-electron chi connectivity index (χ0n) is 11.9. The summed E-state index contributed by atoms with van der Waals surface area (Å²) in [6.07, 6.45) is 2.00. The van der Waals surface area contributed by atoms with Crippen molar-refractivity contribution < 1.29 is 0 Å². The van der Waals surface area contributed by atoms with Gasteiger partial charge in [0.1, 0.15) is 0 Å². The molecule has 2 rings (SSSR count). The van der Waals surface area contributed by atoms with E-state index in [0.717, 1.165) is 29.2 Å². The molecule has 4 nitrogen and oxygen atoms in total. The van der Waals surface area contributed by atoms with Crippen LogP contribution in [-0.4, -0.2) is 10.9 Å². The topological polar surface area (TPSA) is 63.3 Å². The van der Waals surface area contributed by atoms with Crippen molar-refractivity contribution in [3.05, 3.63) is 45.9 Å². The molecular weight excluding hydrogens is 268 g/mol. The van der Waals surface area contributed by atoms with Crippen molar-refractivity contribution in [1.29, 1.82) is 0 Å². The van der Waals surface area contributed by atoms with E-state index in [9.17, 15) is 0 Å². The molecule has 0 aliphatic heterocycles. The number of anilines is 1. The number of nitrogens with one attached hydrogen (secondary N) is 1. The van der Waals surface area contributed by atoms with Crippen LogP contribution in [0.4, 0.5) is 5.69 Å². The summed E-state index contributed by atoms with van der Waals surface area (Å²) in [5.74, 6) is 0.417. The van der Waals surface area contributed by atoms with E-state index in [2.05, 4.69) is 41.3 Å². The lowest BCUT2D eigenvalue weighted by atomic mass is 10.1. The summed E-state index contributed by atoms with van der Waals surface area (Å²) in [6, 6.07) is 8.20. The van der Waals surface area contributed by atoms with Crippen molar-refractivity contribution in [2.75, 3.05) is 5.32 Å². The summed E-state index contributed by atoms with van der Waals surface area (Å²) in [5, 5.41) is 6.26. The van der Waals surface area contributed by atoms with Crippen molar-refractivity contribution in [3.8, 4) is 0 Å². The molecule has 0 saturated heterocycles. The number of thiazole rings is 1. The summed E-state index contributed by atoms with van der Waals surface area (Å²) in [5.41, 5.74) is 9.11. The van der Waals surface area contributed by atoms with Crippen LogP contribution in [0.2, 0.25) is 0 Å². The smallest absolute Gasteiger partial charge is 0.193 e. The zero-order valence-corrected chi connectivity index (χ0v) is 12.7. The monoisotopic (exact) mass is 288 g/mol. The molecule has 0 fully saturated rings. The molecule has 0 radical (unpaired) electrons. The normalized spacial score (nSPS) is 11.6. The summed E-state index contributed by atoms with van der Waals surface area (Å²) in [7, 11) is 0. The van der Waals surface area contributed by atoms with Crippen LogP contribution in [0.15, 0.2) is 34.6 Å². The summed E-state index contributed by atoms with van der Waals surface area (Å²) in [4.78, 5) is 8.77. The SMILES string of the molecule is CCc1ccc(NC(N)=NCc2csc(CC)n2)cc1. The third-order valence-electron chi connectivity index (χ3n) is 2.95. The first-order valence-corrected chi connectivity index (χ1v) is 7.68. The van der Waals surface area contributed by atoms with E-state index in [4.69, 9.17) is 5.73 Å². The lowest BCUT2D eigenvalue weighted by Gasteiger charge is -2.06. The number of aliphatic imine (C=N–C) groups is 1. The Kier molecular flexibility index (Phi) is 5.12. The maximum Gasteiger partial charge on any atom is 0.193 e. The highest BCUT2D eigenvalue weighted by Gasteiger charge is 2.00. The van der Waals surface area contributed by atoms with Crippen LogP contribution in [0.5, 0.6) is 0 Å². The number of hydrogen-bond donors (Lipinski definition) is 2.